The second kappa shape index (κ2) is 10.1. The van der Waals surface area contributed by atoms with E-state index in [-0.39, 0.29) is 24.0 Å². The lowest BCUT2D eigenvalue weighted by Gasteiger charge is -2.20. The number of nitrogens with one attached hydrogen (secondary N) is 2. The minimum Gasteiger partial charge on any atom is -0.508 e. The smallest absolute Gasteiger partial charge is 0.240 e. The average Bonchev–Trinajstić information content (AvgIpc) is 2.55. The molecule has 9 N–H and O–H groups in total. The van der Waals surface area contributed by atoms with Crippen molar-refractivity contribution < 1.29 is 14.7 Å². The number of nitrogens with two attached hydrogens (primary N) is 3. The lowest BCUT2D eigenvalue weighted by atomic mass is 10.0. The normalized spacial score (nSPS) is 12.8. The number of phenols is 1. The van der Waals surface area contributed by atoms with Gasteiger partial charge in [0.25, 0.3) is 0 Å². The van der Waals surface area contributed by atoms with Crippen LogP contribution in [0.4, 0.5) is 0 Å². The highest BCUT2D eigenvalue weighted by atomic mass is 16.3. The van der Waals surface area contributed by atoms with E-state index in [2.05, 4.69) is 15.6 Å². The minimum atomic E-state index is -0.842. The lowest BCUT2D eigenvalue weighted by molar-refractivity contribution is -0.128. The quantitative estimate of drug-likeness (QED) is 0.171. The fourth-order valence-electron chi connectivity index (χ4n) is 2.27. The maximum Gasteiger partial charge on any atom is 0.240 e. The summed E-state index contributed by atoms with van der Waals surface area (Å²) in [5, 5.41) is 14.8. The summed E-state index contributed by atoms with van der Waals surface area (Å²) >= 11 is 0. The fourth-order valence-corrected chi connectivity index (χ4v) is 2.27. The molecule has 0 radical (unpaired) electrons. The summed E-state index contributed by atoms with van der Waals surface area (Å²) in [6.45, 7) is 0.417. The molecule has 0 saturated carbocycles. The summed E-state index contributed by atoms with van der Waals surface area (Å²) < 4.78 is 0. The molecule has 2 unspecified atom stereocenters. The number of nitrogens with zero attached hydrogens (tertiary/aromatic N) is 1. The molecule has 2 atom stereocenters. The lowest BCUT2D eigenvalue weighted by Crippen LogP contribution is -2.52. The Bertz CT molecular complexity index is 598. The minimum absolute atomic E-state index is 0.00755. The average molecular weight is 350 g/mol. The third kappa shape index (κ3) is 7.53. The Morgan fingerprint density at radius 3 is 2.32 bits per heavy atom. The van der Waals surface area contributed by atoms with Crippen LogP contribution in [0.5, 0.6) is 5.75 Å². The van der Waals surface area contributed by atoms with Crippen LogP contribution in [-0.4, -0.2) is 48.6 Å². The number of rotatable bonds is 10. The van der Waals surface area contributed by atoms with Crippen molar-refractivity contribution in [3.8, 4) is 5.75 Å². The van der Waals surface area contributed by atoms with Gasteiger partial charge in [-0.25, -0.2) is 0 Å². The highest BCUT2D eigenvalue weighted by Gasteiger charge is 2.23. The van der Waals surface area contributed by atoms with Gasteiger partial charge < -0.3 is 32.9 Å². The monoisotopic (exact) mass is 350 g/mol. The Hall–Kier alpha value is -2.81. The predicted octanol–water partition coefficient (Wildman–Crippen LogP) is -1.45. The maximum atomic E-state index is 12.4. The van der Waals surface area contributed by atoms with E-state index in [4.69, 9.17) is 17.2 Å². The molecule has 0 fully saturated rings. The van der Waals surface area contributed by atoms with Gasteiger partial charge in [-0.2, -0.15) is 0 Å². The van der Waals surface area contributed by atoms with E-state index < -0.39 is 18.0 Å². The molecule has 0 spiro atoms. The van der Waals surface area contributed by atoms with Crippen molar-refractivity contribution in [1.82, 2.24) is 10.6 Å². The first kappa shape index (κ1) is 20.2. The Morgan fingerprint density at radius 1 is 1.16 bits per heavy atom. The Labute approximate surface area is 146 Å². The summed E-state index contributed by atoms with van der Waals surface area (Å²) in [6, 6.07) is 5.02. The van der Waals surface area contributed by atoms with Crippen LogP contribution >= 0.6 is 0 Å². The van der Waals surface area contributed by atoms with E-state index in [9.17, 15) is 14.7 Å². The molecule has 1 aromatic rings. The maximum absolute atomic E-state index is 12.4. The summed E-state index contributed by atoms with van der Waals surface area (Å²) in [5.41, 5.74) is 16.7. The van der Waals surface area contributed by atoms with Crippen molar-refractivity contribution in [3.63, 3.8) is 0 Å². The van der Waals surface area contributed by atoms with Gasteiger partial charge in [-0.05, 0) is 37.6 Å². The van der Waals surface area contributed by atoms with Gasteiger partial charge in [0.05, 0.1) is 6.04 Å². The molecule has 1 rings (SSSR count). The second-order valence-corrected chi connectivity index (χ2v) is 5.62. The van der Waals surface area contributed by atoms with Crippen LogP contribution in [0.3, 0.4) is 0 Å². The second-order valence-electron chi connectivity index (χ2n) is 5.62. The molecule has 0 saturated heterocycles. The molecule has 25 heavy (non-hydrogen) atoms. The zero-order chi connectivity index (χ0) is 18.8. The van der Waals surface area contributed by atoms with Crippen molar-refractivity contribution in [2.24, 2.45) is 22.2 Å². The van der Waals surface area contributed by atoms with Crippen LogP contribution in [0.15, 0.2) is 29.3 Å². The third-order valence-corrected chi connectivity index (χ3v) is 3.65. The summed E-state index contributed by atoms with van der Waals surface area (Å²) in [5.74, 6) is -0.820. The Kier molecular flexibility index (Phi) is 8.21. The number of phenolic OH excluding ortho intramolecular Hbond substituents is 1. The van der Waals surface area contributed by atoms with Crippen molar-refractivity contribution in [2.45, 2.75) is 31.3 Å². The van der Waals surface area contributed by atoms with E-state index in [1.165, 1.54) is 12.1 Å². The van der Waals surface area contributed by atoms with Gasteiger partial charge in [0.2, 0.25) is 11.8 Å². The van der Waals surface area contributed by atoms with Crippen molar-refractivity contribution in [1.29, 1.82) is 0 Å². The SMILES string of the molecule is CNC(CCCN=C(N)N)C(=O)NC(Cc1ccc(O)cc1)C(N)=O. The predicted molar refractivity (Wildman–Crippen MR) is 95.7 cm³/mol. The van der Waals surface area contributed by atoms with Gasteiger partial charge in [-0.1, -0.05) is 12.1 Å². The number of hydrogen-bond donors (Lipinski definition) is 6. The first-order chi connectivity index (χ1) is 11.8. The standard InChI is InChI=1S/C16H26N6O3/c1-20-12(3-2-8-21-16(18)19)15(25)22-13(14(17)24)9-10-4-6-11(23)7-5-10/h4-7,12-13,20,23H,2-3,8-9H2,1H3,(H2,17,24)(H,22,25)(H4,18,19,21). The van der Waals surface area contributed by atoms with E-state index in [0.29, 0.717) is 19.4 Å². The highest BCUT2D eigenvalue weighted by molar-refractivity contribution is 5.89. The molecule has 1 aromatic carbocycles. The van der Waals surface area contributed by atoms with E-state index in [0.717, 1.165) is 5.56 Å². The van der Waals surface area contributed by atoms with Gasteiger partial charge in [0, 0.05) is 13.0 Å². The number of guanidine groups is 1. The number of carbonyl (C=O) groups is 2. The molecule has 0 heterocycles. The van der Waals surface area contributed by atoms with Crippen molar-refractivity contribution >= 4 is 17.8 Å². The molecular weight excluding hydrogens is 324 g/mol. The van der Waals surface area contributed by atoms with Gasteiger partial charge in [-0.3, -0.25) is 14.6 Å². The number of primary amides is 1. The van der Waals surface area contributed by atoms with Crippen LogP contribution in [0.2, 0.25) is 0 Å². The Morgan fingerprint density at radius 2 is 1.80 bits per heavy atom. The molecule has 0 aliphatic carbocycles. The fraction of sp³-hybridized carbons (Fsp3) is 0.438. The van der Waals surface area contributed by atoms with Gasteiger partial charge in [0.15, 0.2) is 5.96 Å². The molecule has 0 bridgehead atoms. The molecule has 0 aliphatic rings. The molecule has 9 nitrogen and oxygen atoms in total. The molecular formula is C16H26N6O3. The van der Waals surface area contributed by atoms with Crippen molar-refractivity contribution in [3.05, 3.63) is 29.8 Å². The zero-order valence-electron chi connectivity index (χ0n) is 14.2. The molecule has 138 valence electrons. The largest absolute Gasteiger partial charge is 0.508 e. The first-order valence-corrected chi connectivity index (χ1v) is 7.93. The number of carbonyl (C=O) groups excluding carboxylic acids is 2. The number of amides is 2. The van der Waals surface area contributed by atoms with Gasteiger partial charge in [0.1, 0.15) is 11.8 Å². The zero-order valence-corrected chi connectivity index (χ0v) is 14.2. The first-order valence-electron chi connectivity index (χ1n) is 7.93. The number of aliphatic imine (C=N–C) groups is 1. The van der Waals surface area contributed by atoms with E-state index >= 15 is 0 Å². The van der Waals surface area contributed by atoms with Crippen LogP contribution in [0.25, 0.3) is 0 Å². The topological polar surface area (TPSA) is 169 Å². The number of aromatic hydroxyl groups is 1. The highest BCUT2D eigenvalue weighted by Crippen LogP contribution is 2.11. The van der Waals surface area contributed by atoms with E-state index in [1.807, 2.05) is 0 Å². The van der Waals surface area contributed by atoms with Crippen molar-refractivity contribution in [2.75, 3.05) is 13.6 Å². The Balaban J connectivity index is 2.62. The molecule has 9 heteroatoms. The number of benzene rings is 1. The molecule has 0 aromatic heterocycles. The summed E-state index contributed by atoms with van der Waals surface area (Å²) in [4.78, 5) is 27.9. The van der Waals surface area contributed by atoms with Gasteiger partial charge in [-0.15, -0.1) is 0 Å². The van der Waals surface area contributed by atoms with Gasteiger partial charge >= 0.3 is 0 Å². The van der Waals surface area contributed by atoms with Crippen LogP contribution < -0.4 is 27.8 Å². The van der Waals surface area contributed by atoms with Crippen LogP contribution in [0, 0.1) is 0 Å². The summed E-state index contributed by atoms with van der Waals surface area (Å²) in [7, 11) is 1.66. The number of likely N-dealkylation sites (N-methyl/N-ethyl adjacent to an activating group) is 1. The van der Waals surface area contributed by atoms with Crippen LogP contribution in [0.1, 0.15) is 18.4 Å². The third-order valence-electron chi connectivity index (χ3n) is 3.65. The van der Waals surface area contributed by atoms with E-state index in [1.54, 1.807) is 19.2 Å². The molecule has 0 aliphatic heterocycles. The van der Waals surface area contributed by atoms with Crippen LogP contribution in [-0.2, 0) is 16.0 Å². The molecule has 2 amide bonds. The summed E-state index contributed by atoms with van der Waals surface area (Å²) in [6.07, 6.45) is 1.35. The number of hydrogen-bond acceptors (Lipinski definition) is 5.